The van der Waals surface area contributed by atoms with Crippen LogP contribution in [0.1, 0.15) is 48.0 Å². The van der Waals surface area contributed by atoms with Crippen molar-refractivity contribution in [2.45, 2.75) is 77.6 Å². The zero-order valence-electron chi connectivity index (χ0n) is 14.5. The molecule has 0 N–H and O–H groups in total. The lowest BCUT2D eigenvalue weighted by molar-refractivity contribution is -0.430. The highest BCUT2D eigenvalue weighted by molar-refractivity contribution is 5.76. The molecule has 2 atom stereocenters. The highest BCUT2D eigenvalue weighted by Gasteiger charge is 2.84. The summed E-state index contributed by atoms with van der Waals surface area (Å²) >= 11 is 0. The Hall–Kier alpha value is -0.960. The summed E-state index contributed by atoms with van der Waals surface area (Å²) < 4.78 is 83.4. The molecule has 1 heterocycles. The fraction of sp³-hybridized carbons (Fsp3) is 0.933. The minimum Gasteiger partial charge on any atom is -0.450 e. The second-order valence-electron chi connectivity index (χ2n) is 7.00. The van der Waals surface area contributed by atoms with E-state index in [-0.39, 0.29) is 6.42 Å². The Morgan fingerprint density at radius 3 is 2.12 bits per heavy atom. The maximum absolute atomic E-state index is 14.8. The first kappa shape index (κ1) is 21.1. The second-order valence-corrected chi connectivity index (χ2v) is 7.00. The van der Waals surface area contributed by atoms with Crippen LogP contribution in [0.4, 0.5) is 22.0 Å². The summed E-state index contributed by atoms with van der Waals surface area (Å²) in [7, 11) is 0. The maximum Gasteiger partial charge on any atom is 0.450 e. The number of carbonyl (C=O) groups excluding carboxylic acids is 1. The van der Waals surface area contributed by atoms with Crippen LogP contribution in [0.15, 0.2) is 0 Å². The Morgan fingerprint density at radius 1 is 1.25 bits per heavy atom. The number of ether oxygens (including phenoxy) is 3. The molecule has 9 heteroatoms. The highest BCUT2D eigenvalue weighted by atomic mass is 19.4. The molecule has 0 aliphatic carbocycles. The van der Waals surface area contributed by atoms with Crippen LogP contribution in [0, 0.1) is 5.41 Å². The lowest BCUT2D eigenvalue weighted by Crippen LogP contribution is -2.65. The van der Waals surface area contributed by atoms with Crippen molar-refractivity contribution in [1.82, 2.24) is 0 Å². The van der Waals surface area contributed by atoms with Gasteiger partial charge in [-0.15, -0.1) is 0 Å². The van der Waals surface area contributed by atoms with Crippen LogP contribution in [0.2, 0.25) is 0 Å². The molecule has 1 rings (SSSR count). The number of hydrogen-bond acceptors (Lipinski definition) is 4. The molecule has 0 saturated carbocycles. The van der Waals surface area contributed by atoms with E-state index in [9.17, 15) is 26.7 Å². The summed E-state index contributed by atoms with van der Waals surface area (Å²) in [6.07, 6.45) is -6.45. The van der Waals surface area contributed by atoms with Gasteiger partial charge in [-0.1, -0.05) is 6.92 Å². The summed E-state index contributed by atoms with van der Waals surface area (Å²) in [6.45, 7) is 6.46. The van der Waals surface area contributed by atoms with Crippen LogP contribution < -0.4 is 0 Å². The molecule has 0 aromatic carbocycles. The van der Waals surface area contributed by atoms with Gasteiger partial charge in [0.2, 0.25) is 5.60 Å². The third-order valence-corrected chi connectivity index (χ3v) is 4.16. The summed E-state index contributed by atoms with van der Waals surface area (Å²) in [5.74, 6) is -9.83. The molecule has 2 unspecified atom stereocenters. The van der Waals surface area contributed by atoms with E-state index in [4.69, 9.17) is 4.74 Å². The third-order valence-electron chi connectivity index (χ3n) is 4.16. The first-order chi connectivity index (χ1) is 10.6. The van der Waals surface area contributed by atoms with Crippen molar-refractivity contribution in [3.63, 3.8) is 0 Å². The van der Waals surface area contributed by atoms with Gasteiger partial charge in [0.1, 0.15) is 0 Å². The fourth-order valence-corrected chi connectivity index (χ4v) is 2.12. The van der Waals surface area contributed by atoms with Gasteiger partial charge in [-0.2, -0.15) is 22.0 Å². The zero-order valence-corrected chi connectivity index (χ0v) is 14.5. The van der Waals surface area contributed by atoms with Crippen LogP contribution >= 0.6 is 0 Å². The Bertz CT molecular complexity index is 489. The van der Waals surface area contributed by atoms with Crippen LogP contribution in [-0.2, 0) is 19.0 Å². The predicted molar refractivity (Wildman–Crippen MR) is 74.5 cm³/mol. The van der Waals surface area contributed by atoms with Crippen molar-refractivity contribution >= 4 is 5.97 Å². The van der Waals surface area contributed by atoms with Gasteiger partial charge in [-0.3, -0.25) is 4.79 Å². The number of esters is 1. The lowest BCUT2D eigenvalue weighted by Gasteiger charge is -2.40. The van der Waals surface area contributed by atoms with Crippen molar-refractivity contribution in [1.29, 1.82) is 0 Å². The van der Waals surface area contributed by atoms with Gasteiger partial charge >= 0.3 is 23.9 Å². The van der Waals surface area contributed by atoms with E-state index in [1.807, 2.05) is 0 Å². The van der Waals surface area contributed by atoms with Crippen molar-refractivity contribution < 1.29 is 41.0 Å². The van der Waals surface area contributed by atoms with Crippen LogP contribution in [0.5, 0.6) is 0 Å². The van der Waals surface area contributed by atoms with Gasteiger partial charge in [0.05, 0.1) is 18.1 Å². The number of carbonyl (C=O) groups is 1. The topological polar surface area (TPSA) is 44.8 Å². The van der Waals surface area contributed by atoms with Gasteiger partial charge in [0.15, 0.2) is 0 Å². The van der Waals surface area contributed by atoms with E-state index in [1.54, 1.807) is 6.92 Å². The normalized spacial score (nSPS) is 30.7. The van der Waals surface area contributed by atoms with Gasteiger partial charge in [-0.25, -0.2) is 0 Å². The monoisotopic (exact) mass is 362 g/mol. The lowest BCUT2D eigenvalue weighted by atomic mass is 9.89. The summed E-state index contributed by atoms with van der Waals surface area (Å²) in [5.41, 5.74) is -3.93. The molecule has 4 nitrogen and oxygen atoms in total. The van der Waals surface area contributed by atoms with Crippen molar-refractivity contribution in [3.05, 3.63) is 0 Å². The molecule has 1 aliphatic heterocycles. The molecule has 0 spiro atoms. The first-order valence-corrected chi connectivity index (χ1v) is 7.56. The zero-order chi connectivity index (χ0) is 19.2. The van der Waals surface area contributed by atoms with Crippen molar-refractivity contribution in [2.75, 3.05) is 6.61 Å². The minimum atomic E-state index is -5.52. The Kier molecular flexibility index (Phi) is 5.35. The summed E-state index contributed by atoms with van der Waals surface area (Å²) in [6, 6.07) is 0. The van der Waals surface area contributed by atoms with Gasteiger partial charge in [0.25, 0.3) is 0 Å². The van der Waals surface area contributed by atoms with Gasteiger partial charge < -0.3 is 14.2 Å². The third kappa shape index (κ3) is 3.12. The van der Waals surface area contributed by atoms with E-state index < -0.39 is 47.6 Å². The number of rotatable bonds is 5. The number of halogens is 5. The van der Waals surface area contributed by atoms with Gasteiger partial charge in [0, 0.05) is 0 Å². The fourth-order valence-electron chi connectivity index (χ4n) is 2.12. The van der Waals surface area contributed by atoms with Crippen LogP contribution in [0.25, 0.3) is 0 Å². The molecule has 0 aromatic rings. The summed E-state index contributed by atoms with van der Waals surface area (Å²) in [4.78, 5) is 12.1. The SMILES string of the molecule is CCC(C)(C)C(=O)OC1(C)COC(OC(C)C)(C(F)(F)F)C1(F)F. The predicted octanol–water partition coefficient (Wildman–Crippen LogP) is 4.07. The number of alkyl halides is 5. The smallest absolute Gasteiger partial charge is 0.450 e. The van der Waals surface area contributed by atoms with Gasteiger partial charge in [-0.05, 0) is 41.0 Å². The molecule has 1 aliphatic rings. The maximum atomic E-state index is 14.8. The molecule has 0 bridgehead atoms. The Morgan fingerprint density at radius 2 is 1.75 bits per heavy atom. The van der Waals surface area contributed by atoms with E-state index in [0.717, 1.165) is 0 Å². The average Bonchev–Trinajstić information content (AvgIpc) is 2.59. The highest BCUT2D eigenvalue weighted by Crippen LogP contribution is 2.57. The molecule has 1 fully saturated rings. The van der Waals surface area contributed by atoms with Crippen LogP contribution in [0.3, 0.4) is 0 Å². The first-order valence-electron chi connectivity index (χ1n) is 7.56. The second kappa shape index (κ2) is 6.09. The molecular weight excluding hydrogens is 339 g/mol. The molecule has 142 valence electrons. The van der Waals surface area contributed by atoms with Crippen molar-refractivity contribution in [2.24, 2.45) is 5.41 Å². The number of hydrogen-bond donors (Lipinski definition) is 0. The summed E-state index contributed by atoms with van der Waals surface area (Å²) in [5, 5.41) is 0. The van der Waals surface area contributed by atoms with E-state index in [0.29, 0.717) is 6.92 Å². The van der Waals surface area contributed by atoms with E-state index in [2.05, 4.69) is 9.47 Å². The quantitative estimate of drug-likeness (QED) is 0.546. The van der Waals surface area contributed by atoms with Crippen LogP contribution in [-0.4, -0.2) is 42.2 Å². The minimum absolute atomic E-state index is 0.265. The van der Waals surface area contributed by atoms with E-state index >= 15 is 0 Å². The molecule has 0 amide bonds. The van der Waals surface area contributed by atoms with Crippen molar-refractivity contribution in [3.8, 4) is 0 Å². The Balaban J connectivity index is 3.29. The molecule has 1 saturated heterocycles. The van der Waals surface area contributed by atoms with E-state index in [1.165, 1.54) is 27.7 Å². The Labute approximate surface area is 137 Å². The molecule has 0 aromatic heterocycles. The molecule has 24 heavy (non-hydrogen) atoms. The standard InChI is InChI=1S/C15H23F5O4/c1-7-11(4,5)10(21)24-12(6)8-22-14(13(12,16)17,15(18,19)20)23-9(2)3/h9H,7-8H2,1-6H3. The largest absolute Gasteiger partial charge is 0.450 e. The average molecular weight is 362 g/mol. The molecule has 0 radical (unpaired) electrons. The molecular formula is C15H23F5O4.